The van der Waals surface area contributed by atoms with Gasteiger partial charge in [-0.15, -0.1) is 0 Å². The fraction of sp³-hybridized carbons (Fsp3) is 1.00. The second kappa shape index (κ2) is 6.49. The van der Waals surface area contributed by atoms with Gasteiger partial charge in [-0.3, -0.25) is 4.90 Å². The molecule has 1 heterocycles. The smallest absolute Gasteiger partial charge is 0.0617 e. The summed E-state index contributed by atoms with van der Waals surface area (Å²) in [6, 6.07) is 0.642. The van der Waals surface area contributed by atoms with Crippen molar-refractivity contribution >= 4 is 0 Å². The van der Waals surface area contributed by atoms with E-state index < -0.39 is 0 Å². The first-order chi connectivity index (χ1) is 7.19. The van der Waals surface area contributed by atoms with Gasteiger partial charge < -0.3 is 4.74 Å². The van der Waals surface area contributed by atoms with Crippen molar-refractivity contribution in [2.24, 2.45) is 11.8 Å². The number of ether oxygens (including phenoxy) is 1. The molecule has 1 rings (SSSR count). The summed E-state index contributed by atoms with van der Waals surface area (Å²) < 4.78 is 5.28. The van der Waals surface area contributed by atoms with Gasteiger partial charge in [-0.2, -0.15) is 0 Å². The molecule has 1 unspecified atom stereocenters. The van der Waals surface area contributed by atoms with Gasteiger partial charge in [-0.25, -0.2) is 0 Å². The van der Waals surface area contributed by atoms with Crippen molar-refractivity contribution in [3.05, 3.63) is 0 Å². The van der Waals surface area contributed by atoms with Crippen LogP contribution in [0.2, 0.25) is 0 Å². The first-order valence-corrected chi connectivity index (χ1v) is 6.42. The molecule has 0 saturated carbocycles. The molecule has 0 aromatic carbocycles. The minimum absolute atomic E-state index is 0.642. The molecule has 0 aromatic rings. The molecule has 1 aliphatic rings. The third-order valence-corrected chi connectivity index (χ3v) is 3.86. The topological polar surface area (TPSA) is 12.5 Å². The van der Waals surface area contributed by atoms with Crippen molar-refractivity contribution in [2.45, 2.75) is 46.1 Å². The summed E-state index contributed by atoms with van der Waals surface area (Å²) in [6.45, 7) is 10.4. The Kier molecular flexibility index (Phi) is 5.62. The summed E-state index contributed by atoms with van der Waals surface area (Å²) in [5, 5.41) is 0. The van der Waals surface area contributed by atoms with Gasteiger partial charge in [-0.1, -0.05) is 20.8 Å². The normalized spacial score (nSPS) is 22.2. The van der Waals surface area contributed by atoms with E-state index in [1.165, 1.54) is 32.4 Å². The third-order valence-electron chi connectivity index (χ3n) is 3.86. The van der Waals surface area contributed by atoms with Gasteiger partial charge in [0.25, 0.3) is 0 Å². The number of rotatable bonds is 5. The highest BCUT2D eigenvalue weighted by Gasteiger charge is 2.25. The Morgan fingerprint density at radius 2 is 1.87 bits per heavy atom. The van der Waals surface area contributed by atoms with E-state index in [0.29, 0.717) is 6.04 Å². The van der Waals surface area contributed by atoms with Gasteiger partial charge in [0.15, 0.2) is 0 Å². The van der Waals surface area contributed by atoms with Gasteiger partial charge >= 0.3 is 0 Å². The summed E-state index contributed by atoms with van der Waals surface area (Å²) in [5.41, 5.74) is 0. The van der Waals surface area contributed by atoms with Crippen LogP contribution in [0.25, 0.3) is 0 Å². The monoisotopic (exact) mass is 213 g/mol. The van der Waals surface area contributed by atoms with E-state index in [1.54, 1.807) is 0 Å². The zero-order valence-corrected chi connectivity index (χ0v) is 10.8. The van der Waals surface area contributed by atoms with E-state index in [4.69, 9.17) is 4.74 Å². The molecule has 2 heteroatoms. The Balaban J connectivity index is 2.35. The van der Waals surface area contributed by atoms with Gasteiger partial charge in [0.1, 0.15) is 0 Å². The lowest BCUT2D eigenvalue weighted by Gasteiger charge is -2.38. The van der Waals surface area contributed by atoms with Gasteiger partial charge in [0.2, 0.25) is 0 Å². The maximum absolute atomic E-state index is 5.28. The summed E-state index contributed by atoms with van der Waals surface area (Å²) in [5.74, 6) is 1.80. The van der Waals surface area contributed by atoms with E-state index in [1.807, 2.05) is 7.11 Å². The summed E-state index contributed by atoms with van der Waals surface area (Å²) in [7, 11) is 1.81. The van der Waals surface area contributed by atoms with Crippen molar-refractivity contribution in [3.63, 3.8) is 0 Å². The average molecular weight is 213 g/mol. The van der Waals surface area contributed by atoms with Crippen LogP contribution in [-0.2, 0) is 4.74 Å². The standard InChI is InChI=1S/C13H27NO/c1-5-13(10-15-4)14-8-6-12(7-9-14)11(2)3/h11-13H,5-10H2,1-4H3. The Bertz CT molecular complexity index is 162. The number of likely N-dealkylation sites (tertiary alicyclic amines) is 1. The van der Waals surface area contributed by atoms with Gasteiger partial charge in [0, 0.05) is 13.2 Å². The number of methoxy groups -OCH3 is 1. The fourth-order valence-corrected chi connectivity index (χ4v) is 2.63. The molecule has 1 atom stereocenters. The molecule has 0 radical (unpaired) electrons. The van der Waals surface area contributed by atoms with Crippen molar-refractivity contribution in [1.82, 2.24) is 4.90 Å². The Labute approximate surface area is 95.0 Å². The van der Waals surface area contributed by atoms with Gasteiger partial charge in [-0.05, 0) is 44.2 Å². The summed E-state index contributed by atoms with van der Waals surface area (Å²) in [4.78, 5) is 2.61. The lowest BCUT2D eigenvalue weighted by Crippen LogP contribution is -2.44. The number of piperidine rings is 1. The van der Waals surface area contributed by atoms with Crippen LogP contribution in [-0.4, -0.2) is 37.7 Å². The predicted molar refractivity (Wildman–Crippen MR) is 65.1 cm³/mol. The third kappa shape index (κ3) is 3.76. The highest BCUT2D eigenvalue weighted by Crippen LogP contribution is 2.25. The predicted octanol–water partition coefficient (Wildman–Crippen LogP) is 2.78. The molecule has 0 N–H and O–H groups in total. The summed E-state index contributed by atoms with van der Waals surface area (Å²) >= 11 is 0. The van der Waals surface area contributed by atoms with Crippen LogP contribution in [0.5, 0.6) is 0 Å². The average Bonchev–Trinajstić information content (AvgIpc) is 2.26. The van der Waals surface area contributed by atoms with E-state index in [2.05, 4.69) is 25.7 Å². The molecular weight excluding hydrogens is 186 g/mol. The molecule has 2 nitrogen and oxygen atoms in total. The summed E-state index contributed by atoms with van der Waals surface area (Å²) in [6.07, 6.45) is 3.95. The van der Waals surface area contributed by atoms with Crippen molar-refractivity contribution < 1.29 is 4.74 Å². The van der Waals surface area contributed by atoms with Crippen LogP contribution in [0.1, 0.15) is 40.0 Å². The van der Waals surface area contributed by atoms with Crippen LogP contribution >= 0.6 is 0 Å². The minimum atomic E-state index is 0.642. The first-order valence-electron chi connectivity index (χ1n) is 6.42. The molecule has 90 valence electrons. The Morgan fingerprint density at radius 3 is 2.27 bits per heavy atom. The minimum Gasteiger partial charge on any atom is -0.383 e. The van der Waals surface area contributed by atoms with E-state index in [0.717, 1.165) is 18.4 Å². The first kappa shape index (κ1) is 13.0. The highest BCUT2D eigenvalue weighted by atomic mass is 16.5. The number of hydrogen-bond donors (Lipinski definition) is 0. The maximum Gasteiger partial charge on any atom is 0.0617 e. The van der Waals surface area contributed by atoms with Crippen molar-refractivity contribution in [3.8, 4) is 0 Å². The van der Waals surface area contributed by atoms with Crippen LogP contribution in [0, 0.1) is 11.8 Å². The van der Waals surface area contributed by atoms with E-state index in [9.17, 15) is 0 Å². The number of hydrogen-bond acceptors (Lipinski definition) is 2. The molecule has 1 saturated heterocycles. The molecule has 0 aromatic heterocycles. The van der Waals surface area contributed by atoms with Crippen LogP contribution < -0.4 is 0 Å². The Hall–Kier alpha value is -0.0800. The quantitative estimate of drug-likeness (QED) is 0.696. The largest absolute Gasteiger partial charge is 0.383 e. The Morgan fingerprint density at radius 1 is 1.27 bits per heavy atom. The van der Waals surface area contributed by atoms with Gasteiger partial charge in [0.05, 0.1) is 6.61 Å². The molecule has 0 amide bonds. The van der Waals surface area contributed by atoms with Crippen molar-refractivity contribution in [1.29, 1.82) is 0 Å². The van der Waals surface area contributed by atoms with E-state index >= 15 is 0 Å². The molecule has 0 aliphatic carbocycles. The van der Waals surface area contributed by atoms with E-state index in [-0.39, 0.29) is 0 Å². The zero-order chi connectivity index (χ0) is 11.3. The molecule has 1 aliphatic heterocycles. The molecule has 15 heavy (non-hydrogen) atoms. The molecule has 0 bridgehead atoms. The van der Waals surface area contributed by atoms with Crippen molar-refractivity contribution in [2.75, 3.05) is 26.8 Å². The van der Waals surface area contributed by atoms with Crippen LogP contribution in [0.15, 0.2) is 0 Å². The zero-order valence-electron chi connectivity index (χ0n) is 10.8. The van der Waals surface area contributed by atoms with Crippen LogP contribution in [0.4, 0.5) is 0 Å². The lowest BCUT2D eigenvalue weighted by molar-refractivity contribution is 0.0559. The van der Waals surface area contributed by atoms with Crippen LogP contribution in [0.3, 0.4) is 0 Å². The molecular formula is C13H27NO. The molecule has 0 spiro atoms. The maximum atomic E-state index is 5.28. The molecule has 1 fully saturated rings. The fourth-order valence-electron chi connectivity index (χ4n) is 2.63. The number of nitrogens with zero attached hydrogens (tertiary/aromatic N) is 1. The second-order valence-electron chi connectivity index (χ2n) is 5.13. The highest BCUT2D eigenvalue weighted by molar-refractivity contribution is 4.78. The SMILES string of the molecule is CCC(COC)N1CCC(C(C)C)CC1. The second-order valence-corrected chi connectivity index (χ2v) is 5.13. The lowest BCUT2D eigenvalue weighted by atomic mass is 9.86.